The van der Waals surface area contributed by atoms with Crippen LogP contribution in [0.15, 0.2) is 0 Å². The van der Waals surface area contributed by atoms with Gasteiger partial charge in [0.1, 0.15) is 0 Å². The molecule has 0 saturated heterocycles. The van der Waals surface area contributed by atoms with Crippen LogP contribution in [0.25, 0.3) is 0 Å². The fourth-order valence-corrected chi connectivity index (χ4v) is 7.55. The van der Waals surface area contributed by atoms with Crippen molar-refractivity contribution in [2.45, 2.75) is 48.4 Å². The number of rotatable bonds is 0. The molecule has 0 aromatic heterocycles. The monoisotopic (exact) mass is 288 g/mol. The van der Waals surface area contributed by atoms with Gasteiger partial charge in [0.05, 0.1) is 0 Å². The summed E-state index contributed by atoms with van der Waals surface area (Å²) in [6.45, 7) is 14.2. The molecular weight excluding hydrogens is 269 g/mol. The standard InChI is InChI=1S/2C4H9.ClH.FH.Sn/c2*1-4(2)3;;;/h2*1-3H3;2*1H;/q;;;;+2/p-2. The van der Waals surface area contributed by atoms with Crippen LogP contribution in [0.2, 0.25) is 6.86 Å². The molecular formula is C8H18ClFSn. The molecule has 0 aromatic rings. The topological polar surface area (TPSA) is 0 Å². The number of hydrogen-bond donors (Lipinski definition) is 0. The van der Waals surface area contributed by atoms with Crippen LogP contribution >= 0.6 is 0 Å². The molecule has 0 aliphatic rings. The molecule has 0 N–H and O–H groups in total. The van der Waals surface area contributed by atoms with Crippen molar-refractivity contribution >= 4 is 21.1 Å². The first-order chi connectivity index (χ1) is 3.71. The smallest absolute Gasteiger partial charge is 1.00 e. The molecule has 0 aliphatic carbocycles. The molecule has 0 bridgehead atoms. The Bertz CT molecular complexity index is 79.2. The molecule has 0 heterocycles. The summed E-state index contributed by atoms with van der Waals surface area (Å²) in [6.07, 6.45) is 0. The minimum atomic E-state index is -0.182. The Kier molecular flexibility index (Phi) is 9.18. The summed E-state index contributed by atoms with van der Waals surface area (Å²) in [5, 5.41) is 0. The first-order valence-electron chi connectivity index (χ1n) is 3.50. The van der Waals surface area contributed by atoms with E-state index in [1.807, 2.05) is 0 Å². The van der Waals surface area contributed by atoms with E-state index in [0.717, 1.165) is 0 Å². The second-order valence-corrected chi connectivity index (χ2v) is 13.9. The summed E-state index contributed by atoms with van der Waals surface area (Å²) in [7, 11) is 0. The maximum atomic E-state index is 2.37. The van der Waals surface area contributed by atoms with E-state index in [1.165, 1.54) is 0 Å². The van der Waals surface area contributed by atoms with Gasteiger partial charge in [-0.2, -0.15) is 0 Å². The van der Waals surface area contributed by atoms with Crippen molar-refractivity contribution in [1.29, 1.82) is 0 Å². The summed E-state index contributed by atoms with van der Waals surface area (Å²) in [5.74, 6) is 0. The Labute approximate surface area is 86.5 Å². The quantitative estimate of drug-likeness (QED) is 0.421. The van der Waals surface area contributed by atoms with Crippen molar-refractivity contribution in [1.82, 2.24) is 0 Å². The van der Waals surface area contributed by atoms with Gasteiger partial charge >= 0.3 is 69.5 Å². The molecule has 68 valence electrons. The maximum absolute atomic E-state index is 2.37. The zero-order valence-electron chi connectivity index (χ0n) is 8.26. The van der Waals surface area contributed by atoms with E-state index in [1.54, 1.807) is 0 Å². The molecule has 0 fully saturated rings. The van der Waals surface area contributed by atoms with Crippen molar-refractivity contribution < 1.29 is 17.1 Å². The number of halogens is 2. The second kappa shape index (κ2) is 5.63. The van der Waals surface area contributed by atoms with Crippen molar-refractivity contribution in [2.75, 3.05) is 0 Å². The molecule has 0 radical (unpaired) electrons. The predicted octanol–water partition coefficient (Wildman–Crippen LogP) is -2.86. The van der Waals surface area contributed by atoms with Crippen LogP contribution in [0.4, 0.5) is 0 Å². The fourth-order valence-electron chi connectivity index (χ4n) is 1.12. The normalized spacial score (nSPS) is 10.7. The van der Waals surface area contributed by atoms with Crippen LogP contribution in [-0.2, 0) is 0 Å². The van der Waals surface area contributed by atoms with Crippen LogP contribution in [0.5, 0.6) is 0 Å². The molecule has 0 amide bonds. The molecule has 0 aliphatic heterocycles. The largest absolute Gasteiger partial charge is 1.00 e. The van der Waals surface area contributed by atoms with Crippen LogP contribution in [0.1, 0.15) is 41.5 Å². The van der Waals surface area contributed by atoms with E-state index in [-0.39, 0.29) is 38.3 Å². The summed E-state index contributed by atoms with van der Waals surface area (Å²) in [4.78, 5) is 0. The van der Waals surface area contributed by atoms with Gasteiger partial charge in [0, 0.05) is 0 Å². The molecule has 0 atom stereocenters. The summed E-state index contributed by atoms with van der Waals surface area (Å²) >= 11 is -0.182. The molecule has 0 rings (SSSR count). The SMILES string of the molecule is C[C](C)(C)[Sn+2][C](C)(C)C.[Cl-].[F-]. The number of hydrogen-bond acceptors (Lipinski definition) is 0. The average Bonchev–Trinajstić information content (AvgIpc) is 1.14. The Morgan fingerprint density at radius 1 is 0.727 bits per heavy atom. The minimum absolute atomic E-state index is 0. The third-order valence-corrected chi connectivity index (χ3v) is 5.03. The zero-order valence-corrected chi connectivity index (χ0v) is 11.9. The van der Waals surface area contributed by atoms with Crippen molar-refractivity contribution in [3.8, 4) is 0 Å². The van der Waals surface area contributed by atoms with Crippen molar-refractivity contribution in [3.05, 3.63) is 0 Å². The van der Waals surface area contributed by atoms with Crippen LogP contribution in [0, 0.1) is 0 Å². The van der Waals surface area contributed by atoms with E-state index in [9.17, 15) is 0 Å². The Balaban J connectivity index is -0.000000320. The van der Waals surface area contributed by atoms with Crippen molar-refractivity contribution in [3.63, 3.8) is 0 Å². The zero-order chi connectivity index (χ0) is 7.71. The Hall–Kier alpha value is 1.02. The van der Waals surface area contributed by atoms with Gasteiger partial charge in [0.25, 0.3) is 0 Å². The molecule has 0 nitrogen and oxygen atoms in total. The van der Waals surface area contributed by atoms with Gasteiger partial charge in [-0.25, -0.2) is 0 Å². The molecule has 0 aromatic carbocycles. The van der Waals surface area contributed by atoms with Gasteiger partial charge in [0.2, 0.25) is 0 Å². The Morgan fingerprint density at radius 3 is 0.909 bits per heavy atom. The van der Waals surface area contributed by atoms with E-state index in [0.29, 0.717) is 6.86 Å². The van der Waals surface area contributed by atoms with E-state index in [2.05, 4.69) is 41.5 Å². The summed E-state index contributed by atoms with van der Waals surface area (Å²) < 4.78 is 1.31. The third-order valence-electron chi connectivity index (χ3n) is 0.750. The molecule has 11 heavy (non-hydrogen) atoms. The minimum Gasteiger partial charge on any atom is -1.00 e. The first-order valence-corrected chi connectivity index (χ1v) is 6.35. The molecule has 0 spiro atoms. The van der Waals surface area contributed by atoms with Crippen molar-refractivity contribution in [2.24, 2.45) is 0 Å². The van der Waals surface area contributed by atoms with Gasteiger partial charge < -0.3 is 17.1 Å². The van der Waals surface area contributed by atoms with Crippen LogP contribution in [0.3, 0.4) is 0 Å². The van der Waals surface area contributed by atoms with Gasteiger partial charge in [-0.15, -0.1) is 0 Å². The summed E-state index contributed by atoms with van der Waals surface area (Å²) in [5.41, 5.74) is 0. The van der Waals surface area contributed by atoms with Gasteiger partial charge in [-0.05, 0) is 0 Å². The van der Waals surface area contributed by atoms with Gasteiger partial charge in [0.15, 0.2) is 0 Å². The van der Waals surface area contributed by atoms with Gasteiger partial charge in [-0.1, -0.05) is 0 Å². The van der Waals surface area contributed by atoms with E-state index >= 15 is 0 Å². The van der Waals surface area contributed by atoms with Gasteiger partial charge in [-0.3, -0.25) is 0 Å². The molecule has 0 unspecified atom stereocenters. The third kappa shape index (κ3) is 18.2. The molecule has 3 heteroatoms. The Morgan fingerprint density at radius 2 is 0.909 bits per heavy atom. The first kappa shape index (κ1) is 17.9. The van der Waals surface area contributed by atoms with Crippen LogP contribution < -0.4 is 17.1 Å². The van der Waals surface area contributed by atoms with E-state index < -0.39 is 0 Å². The maximum Gasteiger partial charge on any atom is -1.00 e. The molecule has 0 saturated carbocycles. The summed E-state index contributed by atoms with van der Waals surface area (Å²) in [6, 6.07) is 0. The fraction of sp³-hybridized carbons (Fsp3) is 1.00. The van der Waals surface area contributed by atoms with Crippen LogP contribution in [-0.4, -0.2) is 21.1 Å². The predicted molar refractivity (Wildman–Crippen MR) is 45.2 cm³/mol. The average molecular weight is 287 g/mol. The second-order valence-electron chi connectivity index (χ2n) is 4.62. The van der Waals surface area contributed by atoms with E-state index in [4.69, 9.17) is 0 Å².